The van der Waals surface area contributed by atoms with Crippen molar-refractivity contribution in [3.05, 3.63) is 35.8 Å². The van der Waals surface area contributed by atoms with Gasteiger partial charge in [0.25, 0.3) is 0 Å². The van der Waals surface area contributed by atoms with Crippen LogP contribution in [0.4, 0.5) is 0 Å². The van der Waals surface area contributed by atoms with Crippen molar-refractivity contribution >= 4 is 5.71 Å². The van der Waals surface area contributed by atoms with E-state index in [0.717, 1.165) is 35.9 Å². The smallest absolute Gasteiger partial charge is 0.145 e. The molecule has 0 bridgehead atoms. The quantitative estimate of drug-likeness (QED) is 0.809. The van der Waals surface area contributed by atoms with Crippen LogP contribution < -0.4 is 5.43 Å². The third kappa shape index (κ3) is 3.53. The summed E-state index contributed by atoms with van der Waals surface area (Å²) in [6.45, 7) is 4.90. The first-order chi connectivity index (χ1) is 12.5. The lowest BCUT2D eigenvalue weighted by Crippen LogP contribution is -2.64. The van der Waals surface area contributed by atoms with Crippen LogP contribution in [0.1, 0.15) is 58.8 Å². The summed E-state index contributed by atoms with van der Waals surface area (Å²) in [6, 6.07) is -0.0527. The molecule has 0 aromatic heterocycles. The minimum Gasteiger partial charge on any atom is -0.465 e. The Morgan fingerprint density at radius 1 is 1.31 bits per heavy atom. The molecular formula is C21H31N3O2. The van der Waals surface area contributed by atoms with Gasteiger partial charge in [-0.3, -0.25) is 10.4 Å². The van der Waals surface area contributed by atoms with Crippen molar-refractivity contribution in [2.24, 2.45) is 10.9 Å². The maximum Gasteiger partial charge on any atom is 0.145 e. The van der Waals surface area contributed by atoms with Crippen molar-refractivity contribution in [1.82, 2.24) is 10.4 Å². The van der Waals surface area contributed by atoms with E-state index in [1.54, 1.807) is 6.26 Å². The highest BCUT2D eigenvalue weighted by molar-refractivity contribution is 5.96. The summed E-state index contributed by atoms with van der Waals surface area (Å²) in [5, 5.41) is 12.9. The Kier molecular flexibility index (Phi) is 5.04. The summed E-state index contributed by atoms with van der Waals surface area (Å²) >= 11 is 0. The molecule has 0 saturated heterocycles. The Hall–Kier alpha value is -1.43. The largest absolute Gasteiger partial charge is 0.465 e. The maximum atomic E-state index is 10.9. The first-order valence-electron chi connectivity index (χ1n) is 10.1. The van der Waals surface area contributed by atoms with Crippen LogP contribution in [0, 0.1) is 5.92 Å². The molecule has 4 aliphatic rings. The molecule has 0 aromatic carbocycles. The van der Waals surface area contributed by atoms with E-state index < -0.39 is 11.8 Å². The number of allylic oxidation sites excluding steroid dienone is 3. The van der Waals surface area contributed by atoms with Gasteiger partial charge in [-0.2, -0.15) is 0 Å². The lowest BCUT2D eigenvalue weighted by Gasteiger charge is -2.47. The van der Waals surface area contributed by atoms with Crippen LogP contribution in [0.3, 0.4) is 0 Å². The van der Waals surface area contributed by atoms with Crippen LogP contribution in [0.5, 0.6) is 0 Å². The second-order valence-corrected chi connectivity index (χ2v) is 8.53. The topological polar surface area (TPSA) is 57.1 Å². The number of rotatable bonds is 4. The molecule has 5 nitrogen and oxygen atoms in total. The fourth-order valence-corrected chi connectivity index (χ4v) is 4.58. The molecule has 0 radical (unpaired) electrons. The van der Waals surface area contributed by atoms with E-state index in [0.29, 0.717) is 0 Å². The standard InChI is InChI=1S/C21H31N3O2/c1-21(2)20(25)24(22-11-10-15-7-4-3-5-8-15)18-14-19-16(9-6-12-26-19)13-17(18)23-21/h6,9,12,14-15,18,20,22,25H,3-5,7-8,10-11,13H2,1-2H3. The highest BCUT2D eigenvalue weighted by Gasteiger charge is 2.44. The zero-order valence-electron chi connectivity index (χ0n) is 15.9. The molecule has 2 heterocycles. The summed E-state index contributed by atoms with van der Waals surface area (Å²) in [5.41, 5.74) is 5.27. The van der Waals surface area contributed by atoms with Crippen LogP contribution in [0.15, 0.2) is 40.8 Å². The number of hydrogen-bond acceptors (Lipinski definition) is 5. The van der Waals surface area contributed by atoms with E-state index in [-0.39, 0.29) is 6.04 Å². The molecule has 5 heteroatoms. The number of nitrogens with zero attached hydrogens (tertiary/aromatic N) is 2. The van der Waals surface area contributed by atoms with Crippen LogP contribution in [-0.4, -0.2) is 40.2 Å². The molecule has 0 spiro atoms. The van der Waals surface area contributed by atoms with Gasteiger partial charge >= 0.3 is 0 Å². The number of nitrogens with one attached hydrogen (secondary N) is 1. The lowest BCUT2D eigenvalue weighted by atomic mass is 9.87. The molecule has 0 aromatic rings. The van der Waals surface area contributed by atoms with Crippen molar-refractivity contribution in [2.45, 2.75) is 76.6 Å². The molecule has 1 saturated carbocycles. The predicted octanol–water partition coefficient (Wildman–Crippen LogP) is 3.44. The van der Waals surface area contributed by atoms with Crippen molar-refractivity contribution < 1.29 is 9.84 Å². The monoisotopic (exact) mass is 357 g/mol. The van der Waals surface area contributed by atoms with E-state index in [1.165, 1.54) is 38.5 Å². The minimum absolute atomic E-state index is 0.0527. The second kappa shape index (κ2) is 7.29. The fraction of sp³-hybridized carbons (Fsp3) is 0.667. The van der Waals surface area contributed by atoms with E-state index in [9.17, 15) is 5.11 Å². The van der Waals surface area contributed by atoms with Crippen LogP contribution in [-0.2, 0) is 4.74 Å². The number of aliphatic hydroxyl groups is 1. The Balaban J connectivity index is 1.50. The van der Waals surface area contributed by atoms with Gasteiger partial charge in [-0.05, 0) is 38.3 Å². The molecule has 1 fully saturated rings. The van der Waals surface area contributed by atoms with Gasteiger partial charge < -0.3 is 9.84 Å². The van der Waals surface area contributed by atoms with Gasteiger partial charge in [-0.25, -0.2) is 5.01 Å². The fourth-order valence-electron chi connectivity index (χ4n) is 4.58. The van der Waals surface area contributed by atoms with Crippen molar-refractivity contribution in [3.8, 4) is 0 Å². The predicted molar refractivity (Wildman–Crippen MR) is 103 cm³/mol. The van der Waals surface area contributed by atoms with Gasteiger partial charge in [0.05, 0.1) is 17.8 Å². The number of hydrazine groups is 1. The second-order valence-electron chi connectivity index (χ2n) is 8.53. The highest BCUT2D eigenvalue weighted by atomic mass is 16.5. The van der Waals surface area contributed by atoms with Crippen molar-refractivity contribution in [2.75, 3.05) is 6.54 Å². The molecule has 26 heavy (non-hydrogen) atoms. The van der Waals surface area contributed by atoms with Crippen LogP contribution >= 0.6 is 0 Å². The van der Waals surface area contributed by atoms with Crippen molar-refractivity contribution in [3.63, 3.8) is 0 Å². The van der Waals surface area contributed by atoms with E-state index in [4.69, 9.17) is 9.73 Å². The van der Waals surface area contributed by atoms with Crippen molar-refractivity contribution in [1.29, 1.82) is 0 Å². The minimum atomic E-state index is -0.663. The van der Waals surface area contributed by atoms with Gasteiger partial charge in [0.1, 0.15) is 12.0 Å². The third-order valence-electron chi connectivity index (χ3n) is 6.11. The highest BCUT2D eigenvalue weighted by Crippen LogP contribution is 2.35. The summed E-state index contributed by atoms with van der Waals surface area (Å²) in [4.78, 5) is 4.88. The Labute approximate surface area is 156 Å². The summed E-state index contributed by atoms with van der Waals surface area (Å²) in [5.74, 6) is 1.72. The molecule has 4 rings (SSSR count). The number of fused-ring (bicyclic) bond motifs is 2. The number of hydrogen-bond donors (Lipinski definition) is 2. The zero-order valence-corrected chi connectivity index (χ0v) is 15.9. The Morgan fingerprint density at radius 3 is 2.92 bits per heavy atom. The van der Waals surface area contributed by atoms with E-state index in [2.05, 4.69) is 17.6 Å². The van der Waals surface area contributed by atoms with Gasteiger partial charge in [-0.1, -0.05) is 38.2 Å². The molecule has 2 aliphatic heterocycles. The SMILES string of the molecule is CC1(C)N=C2CC3=CC=COC3=CC2N(NCCC2CCCCC2)C1O. The number of aliphatic imine (C=N–C) groups is 1. The van der Waals surface area contributed by atoms with Crippen LogP contribution in [0.25, 0.3) is 0 Å². The first-order valence-corrected chi connectivity index (χ1v) is 10.1. The van der Waals surface area contributed by atoms with E-state index >= 15 is 0 Å². The summed E-state index contributed by atoms with van der Waals surface area (Å²) in [6.07, 6.45) is 15.9. The molecule has 0 amide bonds. The Morgan fingerprint density at radius 2 is 2.12 bits per heavy atom. The molecule has 2 unspecified atom stereocenters. The number of aliphatic hydroxyl groups excluding tert-OH is 1. The molecular weight excluding hydrogens is 326 g/mol. The van der Waals surface area contributed by atoms with Gasteiger partial charge in [0.15, 0.2) is 0 Å². The molecule has 2 aliphatic carbocycles. The summed E-state index contributed by atoms with van der Waals surface area (Å²) < 4.78 is 5.69. The van der Waals surface area contributed by atoms with Gasteiger partial charge in [0, 0.05) is 24.3 Å². The number of ether oxygens (including phenoxy) is 1. The average Bonchev–Trinajstić information content (AvgIpc) is 2.64. The zero-order chi connectivity index (χ0) is 18.1. The molecule has 2 N–H and O–H groups in total. The van der Waals surface area contributed by atoms with Crippen LogP contribution in [0.2, 0.25) is 0 Å². The lowest BCUT2D eigenvalue weighted by molar-refractivity contribution is -0.0841. The normalized spacial score (nSPS) is 31.3. The Bertz CT molecular complexity index is 656. The average molecular weight is 357 g/mol. The molecule has 2 atom stereocenters. The molecule has 142 valence electrons. The first kappa shape index (κ1) is 18.0. The third-order valence-corrected chi connectivity index (χ3v) is 6.11. The van der Waals surface area contributed by atoms with Gasteiger partial charge in [0.2, 0.25) is 0 Å². The maximum absolute atomic E-state index is 10.9. The van der Waals surface area contributed by atoms with Gasteiger partial charge in [-0.15, -0.1) is 0 Å². The van der Waals surface area contributed by atoms with E-state index in [1.807, 2.05) is 24.9 Å². The summed E-state index contributed by atoms with van der Waals surface area (Å²) in [7, 11) is 0.